The molecule has 2 rings (SSSR count). The molecule has 0 unspecified atom stereocenters. The standard InChI is InChI=1S/C22H26N2O3S/c1-2-3-16-27-21(26)18-12-14-19(15-13-18)23-22(28)24-20(25)11-7-10-17-8-5-4-6-9-17/h4-6,8-9,12-15H,2-3,7,10-11,16H2,1H3,(H2,23,24,25,28). The molecule has 0 saturated carbocycles. The Labute approximate surface area is 171 Å². The van der Waals surface area contributed by atoms with E-state index in [1.54, 1.807) is 24.3 Å². The van der Waals surface area contributed by atoms with Crippen LogP contribution in [0.2, 0.25) is 0 Å². The topological polar surface area (TPSA) is 67.4 Å². The molecule has 1 amide bonds. The zero-order valence-electron chi connectivity index (χ0n) is 16.1. The summed E-state index contributed by atoms with van der Waals surface area (Å²) in [6.45, 7) is 2.47. The van der Waals surface area contributed by atoms with Crippen LogP contribution in [-0.2, 0) is 16.0 Å². The van der Waals surface area contributed by atoms with Gasteiger partial charge >= 0.3 is 5.97 Å². The molecular formula is C22H26N2O3S. The minimum absolute atomic E-state index is 0.121. The minimum atomic E-state index is -0.339. The van der Waals surface area contributed by atoms with Gasteiger partial charge in [0, 0.05) is 12.1 Å². The van der Waals surface area contributed by atoms with E-state index in [9.17, 15) is 9.59 Å². The van der Waals surface area contributed by atoms with Gasteiger partial charge in [0.2, 0.25) is 5.91 Å². The first kappa shape index (κ1) is 21.6. The van der Waals surface area contributed by atoms with Gasteiger partial charge in [0.15, 0.2) is 5.11 Å². The van der Waals surface area contributed by atoms with Crippen molar-refractivity contribution in [3.8, 4) is 0 Å². The Bertz CT molecular complexity index is 776. The number of anilines is 1. The van der Waals surface area contributed by atoms with E-state index >= 15 is 0 Å². The molecule has 28 heavy (non-hydrogen) atoms. The molecule has 0 heterocycles. The molecule has 5 nitrogen and oxygen atoms in total. The summed E-state index contributed by atoms with van der Waals surface area (Å²) in [7, 11) is 0. The van der Waals surface area contributed by atoms with Gasteiger partial charge in [-0.2, -0.15) is 0 Å². The van der Waals surface area contributed by atoms with Crippen molar-refractivity contribution >= 4 is 34.9 Å². The summed E-state index contributed by atoms with van der Waals surface area (Å²) in [5.74, 6) is -0.459. The van der Waals surface area contributed by atoms with Crippen molar-refractivity contribution in [1.29, 1.82) is 0 Å². The van der Waals surface area contributed by atoms with Crippen LogP contribution in [0.3, 0.4) is 0 Å². The van der Waals surface area contributed by atoms with E-state index in [1.807, 2.05) is 37.3 Å². The number of benzene rings is 2. The third-order valence-electron chi connectivity index (χ3n) is 4.07. The lowest BCUT2D eigenvalue weighted by molar-refractivity contribution is -0.119. The number of aryl methyl sites for hydroxylation is 1. The highest BCUT2D eigenvalue weighted by molar-refractivity contribution is 7.80. The van der Waals surface area contributed by atoms with Crippen molar-refractivity contribution in [3.63, 3.8) is 0 Å². The van der Waals surface area contributed by atoms with Gasteiger partial charge in [-0.05, 0) is 61.3 Å². The molecular weight excluding hydrogens is 372 g/mol. The lowest BCUT2D eigenvalue weighted by atomic mass is 10.1. The van der Waals surface area contributed by atoms with Gasteiger partial charge < -0.3 is 15.4 Å². The average Bonchev–Trinajstić information content (AvgIpc) is 2.69. The highest BCUT2D eigenvalue weighted by atomic mass is 32.1. The van der Waals surface area contributed by atoms with Gasteiger partial charge in [-0.1, -0.05) is 43.7 Å². The number of rotatable bonds is 9. The summed E-state index contributed by atoms with van der Waals surface area (Å²) in [4.78, 5) is 23.9. The van der Waals surface area contributed by atoms with Gasteiger partial charge in [-0.15, -0.1) is 0 Å². The second kappa shape index (κ2) is 11.9. The first-order chi connectivity index (χ1) is 13.6. The van der Waals surface area contributed by atoms with Gasteiger partial charge in [0.25, 0.3) is 0 Å². The van der Waals surface area contributed by atoms with Crippen molar-refractivity contribution < 1.29 is 14.3 Å². The average molecular weight is 399 g/mol. The highest BCUT2D eigenvalue weighted by Gasteiger charge is 2.08. The zero-order valence-corrected chi connectivity index (χ0v) is 16.9. The lowest BCUT2D eigenvalue weighted by Gasteiger charge is -2.10. The monoisotopic (exact) mass is 398 g/mol. The smallest absolute Gasteiger partial charge is 0.338 e. The summed E-state index contributed by atoms with van der Waals surface area (Å²) in [5.41, 5.74) is 2.39. The summed E-state index contributed by atoms with van der Waals surface area (Å²) < 4.78 is 5.17. The number of amides is 1. The minimum Gasteiger partial charge on any atom is -0.462 e. The van der Waals surface area contributed by atoms with E-state index in [4.69, 9.17) is 17.0 Å². The maximum Gasteiger partial charge on any atom is 0.338 e. The number of nitrogens with one attached hydrogen (secondary N) is 2. The quantitative estimate of drug-likeness (QED) is 0.370. The second-order valence-corrected chi connectivity index (χ2v) is 6.82. The molecule has 2 aromatic rings. The Morgan fingerprint density at radius 1 is 1.00 bits per heavy atom. The predicted octanol–water partition coefficient (Wildman–Crippen LogP) is 4.48. The van der Waals surface area contributed by atoms with Crippen LogP contribution in [-0.4, -0.2) is 23.6 Å². The number of hydrogen-bond donors (Lipinski definition) is 2. The number of carbonyl (C=O) groups excluding carboxylic acids is 2. The van der Waals surface area contributed by atoms with Gasteiger partial charge in [0.1, 0.15) is 0 Å². The first-order valence-electron chi connectivity index (χ1n) is 9.50. The van der Waals surface area contributed by atoms with Crippen molar-refractivity contribution in [1.82, 2.24) is 5.32 Å². The predicted molar refractivity (Wildman–Crippen MR) is 115 cm³/mol. The molecule has 148 valence electrons. The molecule has 0 saturated heterocycles. The van der Waals surface area contributed by atoms with Crippen LogP contribution in [0.25, 0.3) is 0 Å². The van der Waals surface area contributed by atoms with Crippen LogP contribution in [0.4, 0.5) is 5.69 Å². The van der Waals surface area contributed by atoms with Gasteiger partial charge in [-0.3, -0.25) is 4.79 Å². The van der Waals surface area contributed by atoms with Crippen LogP contribution >= 0.6 is 12.2 Å². The van der Waals surface area contributed by atoms with Gasteiger partial charge in [0.05, 0.1) is 12.2 Å². The van der Waals surface area contributed by atoms with Crippen molar-refractivity contribution in [2.75, 3.05) is 11.9 Å². The van der Waals surface area contributed by atoms with Crippen LogP contribution in [0, 0.1) is 0 Å². The lowest BCUT2D eigenvalue weighted by Crippen LogP contribution is -2.34. The van der Waals surface area contributed by atoms with Gasteiger partial charge in [-0.25, -0.2) is 4.79 Å². The number of hydrogen-bond acceptors (Lipinski definition) is 4. The molecule has 0 fully saturated rings. The molecule has 0 atom stereocenters. The molecule has 0 aromatic heterocycles. The highest BCUT2D eigenvalue weighted by Crippen LogP contribution is 2.11. The largest absolute Gasteiger partial charge is 0.462 e. The Kier molecular flexibility index (Phi) is 9.15. The number of esters is 1. The van der Waals surface area contributed by atoms with Crippen molar-refractivity contribution in [2.45, 2.75) is 39.0 Å². The first-order valence-corrected chi connectivity index (χ1v) is 9.91. The Balaban J connectivity index is 1.71. The maximum atomic E-state index is 12.0. The molecule has 0 aliphatic heterocycles. The van der Waals surface area contributed by atoms with Crippen LogP contribution < -0.4 is 10.6 Å². The number of ether oxygens (including phenoxy) is 1. The Morgan fingerprint density at radius 2 is 1.71 bits per heavy atom. The molecule has 0 radical (unpaired) electrons. The maximum absolute atomic E-state index is 12.0. The number of carbonyl (C=O) groups is 2. The van der Waals surface area contributed by atoms with E-state index in [2.05, 4.69) is 10.6 Å². The third kappa shape index (κ3) is 7.88. The normalized spacial score (nSPS) is 10.2. The molecule has 0 aliphatic carbocycles. The van der Waals surface area contributed by atoms with E-state index in [1.165, 1.54) is 5.56 Å². The number of thiocarbonyl (C=S) groups is 1. The molecule has 0 aliphatic rings. The van der Waals surface area contributed by atoms with Crippen molar-refractivity contribution in [2.24, 2.45) is 0 Å². The molecule has 2 N–H and O–H groups in total. The molecule has 2 aromatic carbocycles. The summed E-state index contributed by atoms with van der Waals surface area (Å²) in [6, 6.07) is 16.8. The molecule has 0 bridgehead atoms. The van der Waals surface area contributed by atoms with Crippen LogP contribution in [0.5, 0.6) is 0 Å². The van der Waals surface area contributed by atoms with E-state index < -0.39 is 0 Å². The third-order valence-corrected chi connectivity index (χ3v) is 4.28. The fourth-order valence-electron chi connectivity index (χ4n) is 2.53. The summed E-state index contributed by atoms with van der Waals surface area (Å²) >= 11 is 5.18. The molecule has 6 heteroatoms. The summed E-state index contributed by atoms with van der Waals surface area (Å²) in [5, 5.41) is 5.86. The SMILES string of the molecule is CCCCOC(=O)c1ccc(NC(=S)NC(=O)CCCc2ccccc2)cc1. The Hall–Kier alpha value is -2.73. The molecule has 0 spiro atoms. The Morgan fingerprint density at radius 3 is 2.39 bits per heavy atom. The number of unbranched alkanes of at least 4 members (excludes halogenated alkanes) is 1. The zero-order chi connectivity index (χ0) is 20.2. The fourth-order valence-corrected chi connectivity index (χ4v) is 2.76. The second-order valence-electron chi connectivity index (χ2n) is 6.41. The van der Waals surface area contributed by atoms with E-state index in [0.717, 1.165) is 25.7 Å². The van der Waals surface area contributed by atoms with Crippen molar-refractivity contribution in [3.05, 3.63) is 65.7 Å². The van der Waals surface area contributed by atoms with Crippen LogP contribution in [0.15, 0.2) is 54.6 Å². The van der Waals surface area contributed by atoms with Crippen LogP contribution in [0.1, 0.15) is 48.5 Å². The fraction of sp³-hybridized carbons (Fsp3) is 0.318. The van der Waals surface area contributed by atoms with E-state index in [-0.39, 0.29) is 17.0 Å². The van der Waals surface area contributed by atoms with E-state index in [0.29, 0.717) is 24.3 Å². The summed E-state index contributed by atoms with van der Waals surface area (Å²) in [6.07, 6.45) is 3.84.